The third-order valence-corrected chi connectivity index (χ3v) is 4.39. The number of morpholine rings is 1. The quantitative estimate of drug-likeness (QED) is 0.815. The fourth-order valence-electron chi connectivity index (χ4n) is 2.96. The highest BCUT2D eigenvalue weighted by Crippen LogP contribution is 2.28. The van der Waals surface area contributed by atoms with Gasteiger partial charge in [0.25, 0.3) is 0 Å². The Hall–Kier alpha value is -1.96. The predicted molar refractivity (Wildman–Crippen MR) is 76.8 cm³/mol. The Balaban J connectivity index is 1.41. The van der Waals surface area contributed by atoms with Crippen LogP contribution in [0.25, 0.3) is 0 Å². The zero-order valence-electron chi connectivity index (χ0n) is 12.5. The zero-order chi connectivity index (χ0) is 15.4. The van der Waals surface area contributed by atoms with Crippen LogP contribution in [-0.4, -0.2) is 63.3 Å². The van der Waals surface area contributed by atoms with E-state index in [9.17, 15) is 9.59 Å². The molecule has 8 nitrogen and oxygen atoms in total. The van der Waals surface area contributed by atoms with Crippen molar-refractivity contribution in [2.45, 2.75) is 37.8 Å². The summed E-state index contributed by atoms with van der Waals surface area (Å²) in [6.07, 6.45) is 5.99. The second kappa shape index (κ2) is 6.43. The first kappa shape index (κ1) is 15.0. The molecule has 1 N–H and O–H groups in total. The summed E-state index contributed by atoms with van der Waals surface area (Å²) in [5.41, 5.74) is -0.272. The maximum Gasteiger partial charge on any atom is 0.246 e. The molecule has 0 radical (unpaired) electrons. The number of aryl methyl sites for hydroxylation is 1. The van der Waals surface area contributed by atoms with Gasteiger partial charge in [0.1, 0.15) is 19.3 Å². The summed E-state index contributed by atoms with van der Waals surface area (Å²) < 4.78 is 7.44. The SMILES string of the molecule is O=C1COC2(CCN(C(=O)CCCn3cncn3)CC2)CN1. The molecule has 1 aromatic rings. The van der Waals surface area contributed by atoms with Crippen LogP contribution < -0.4 is 5.32 Å². The number of aromatic nitrogens is 3. The summed E-state index contributed by atoms with van der Waals surface area (Å²) in [6, 6.07) is 0. The van der Waals surface area contributed by atoms with E-state index in [4.69, 9.17) is 4.74 Å². The van der Waals surface area contributed by atoms with Crippen molar-refractivity contribution >= 4 is 11.8 Å². The van der Waals surface area contributed by atoms with Crippen LogP contribution >= 0.6 is 0 Å². The van der Waals surface area contributed by atoms with Gasteiger partial charge in [-0.1, -0.05) is 0 Å². The second-order valence-electron chi connectivity index (χ2n) is 5.89. The van der Waals surface area contributed by atoms with E-state index in [0.717, 1.165) is 19.3 Å². The number of hydrogen-bond acceptors (Lipinski definition) is 5. The predicted octanol–water partition coefficient (Wildman–Crippen LogP) is -0.434. The molecule has 2 aliphatic rings. The molecule has 0 atom stereocenters. The summed E-state index contributed by atoms with van der Waals surface area (Å²) in [7, 11) is 0. The van der Waals surface area contributed by atoms with Gasteiger partial charge >= 0.3 is 0 Å². The van der Waals surface area contributed by atoms with Crippen LogP contribution in [0.5, 0.6) is 0 Å². The van der Waals surface area contributed by atoms with E-state index in [0.29, 0.717) is 32.6 Å². The topological polar surface area (TPSA) is 89.4 Å². The van der Waals surface area contributed by atoms with Crippen LogP contribution in [0, 0.1) is 0 Å². The molecule has 3 heterocycles. The molecule has 8 heteroatoms. The number of carbonyl (C=O) groups excluding carboxylic acids is 2. The first-order chi connectivity index (χ1) is 10.7. The van der Waals surface area contributed by atoms with E-state index < -0.39 is 0 Å². The number of nitrogens with one attached hydrogen (secondary N) is 1. The van der Waals surface area contributed by atoms with Crippen molar-refractivity contribution in [3.8, 4) is 0 Å². The van der Waals surface area contributed by atoms with Gasteiger partial charge < -0.3 is 15.0 Å². The summed E-state index contributed by atoms with van der Waals surface area (Å²) >= 11 is 0. The fraction of sp³-hybridized carbons (Fsp3) is 0.714. The van der Waals surface area contributed by atoms with Crippen LogP contribution in [0.15, 0.2) is 12.7 Å². The monoisotopic (exact) mass is 307 g/mol. The number of ether oxygens (including phenoxy) is 1. The molecule has 120 valence electrons. The highest BCUT2D eigenvalue weighted by atomic mass is 16.5. The number of carbonyl (C=O) groups is 2. The van der Waals surface area contributed by atoms with E-state index in [-0.39, 0.29) is 24.0 Å². The van der Waals surface area contributed by atoms with E-state index in [1.54, 1.807) is 11.0 Å². The molecular formula is C14H21N5O3. The third kappa shape index (κ3) is 3.44. The van der Waals surface area contributed by atoms with Crippen LogP contribution in [0.4, 0.5) is 0 Å². The number of amides is 2. The van der Waals surface area contributed by atoms with Crippen LogP contribution in [0.2, 0.25) is 0 Å². The summed E-state index contributed by atoms with van der Waals surface area (Å²) in [4.78, 5) is 29.2. The molecule has 0 unspecified atom stereocenters. The molecule has 1 aromatic heterocycles. The lowest BCUT2D eigenvalue weighted by atomic mass is 9.90. The average molecular weight is 307 g/mol. The molecule has 0 saturated carbocycles. The van der Waals surface area contributed by atoms with E-state index in [2.05, 4.69) is 15.4 Å². The maximum absolute atomic E-state index is 12.2. The van der Waals surface area contributed by atoms with Gasteiger partial charge in [0.2, 0.25) is 11.8 Å². The molecule has 2 amide bonds. The molecule has 0 bridgehead atoms. The Labute approximate surface area is 128 Å². The largest absolute Gasteiger partial charge is 0.363 e. The average Bonchev–Trinajstić information content (AvgIpc) is 3.04. The number of nitrogens with zero attached hydrogens (tertiary/aromatic N) is 4. The first-order valence-corrected chi connectivity index (χ1v) is 7.68. The number of piperidine rings is 1. The van der Waals surface area contributed by atoms with Crippen molar-refractivity contribution in [1.29, 1.82) is 0 Å². The Morgan fingerprint density at radius 2 is 2.23 bits per heavy atom. The normalized spacial score (nSPS) is 20.9. The summed E-state index contributed by atoms with van der Waals surface area (Å²) in [6.45, 7) is 2.78. The molecule has 22 heavy (non-hydrogen) atoms. The lowest BCUT2D eigenvalue weighted by Gasteiger charge is -2.43. The van der Waals surface area contributed by atoms with Gasteiger partial charge in [0.05, 0.1) is 5.60 Å². The molecule has 2 saturated heterocycles. The Morgan fingerprint density at radius 3 is 2.86 bits per heavy atom. The minimum absolute atomic E-state index is 0.0581. The smallest absolute Gasteiger partial charge is 0.246 e. The van der Waals surface area contributed by atoms with Gasteiger partial charge in [0.15, 0.2) is 0 Å². The van der Waals surface area contributed by atoms with Crippen molar-refractivity contribution in [2.24, 2.45) is 0 Å². The maximum atomic E-state index is 12.2. The van der Waals surface area contributed by atoms with Crippen LogP contribution in [-0.2, 0) is 20.9 Å². The van der Waals surface area contributed by atoms with Gasteiger partial charge in [0, 0.05) is 32.6 Å². The number of likely N-dealkylation sites (tertiary alicyclic amines) is 1. The minimum Gasteiger partial charge on any atom is -0.363 e. The zero-order valence-corrected chi connectivity index (χ0v) is 12.5. The van der Waals surface area contributed by atoms with Crippen molar-refractivity contribution in [3.63, 3.8) is 0 Å². The molecular weight excluding hydrogens is 286 g/mol. The Kier molecular flexibility index (Phi) is 4.37. The van der Waals surface area contributed by atoms with E-state index in [1.165, 1.54) is 6.33 Å². The van der Waals surface area contributed by atoms with Gasteiger partial charge in [-0.2, -0.15) is 5.10 Å². The van der Waals surface area contributed by atoms with Gasteiger partial charge in [-0.3, -0.25) is 14.3 Å². The Morgan fingerprint density at radius 1 is 1.41 bits per heavy atom. The number of rotatable bonds is 4. The number of hydrogen-bond donors (Lipinski definition) is 1. The van der Waals surface area contributed by atoms with Gasteiger partial charge in [-0.05, 0) is 19.3 Å². The third-order valence-electron chi connectivity index (χ3n) is 4.39. The molecule has 3 rings (SSSR count). The standard InChI is InChI=1S/C14H21N5O3/c20-12-8-22-14(9-16-12)3-6-18(7-4-14)13(21)2-1-5-19-11-15-10-17-19/h10-11H,1-9H2,(H,16,20). The molecule has 1 spiro atoms. The highest BCUT2D eigenvalue weighted by molar-refractivity contribution is 5.78. The molecule has 2 aliphatic heterocycles. The van der Waals surface area contributed by atoms with Gasteiger partial charge in [-0.25, -0.2) is 4.98 Å². The minimum atomic E-state index is -0.272. The van der Waals surface area contributed by atoms with Crippen LogP contribution in [0.1, 0.15) is 25.7 Å². The fourth-order valence-corrected chi connectivity index (χ4v) is 2.96. The van der Waals surface area contributed by atoms with Crippen LogP contribution in [0.3, 0.4) is 0 Å². The first-order valence-electron chi connectivity index (χ1n) is 7.68. The molecule has 2 fully saturated rings. The molecule has 0 aromatic carbocycles. The Bertz CT molecular complexity index is 511. The lowest BCUT2D eigenvalue weighted by Crippen LogP contribution is -2.58. The summed E-state index contributed by atoms with van der Waals surface area (Å²) in [5, 5.41) is 6.87. The van der Waals surface area contributed by atoms with E-state index in [1.807, 2.05) is 4.90 Å². The van der Waals surface area contributed by atoms with Crippen molar-refractivity contribution in [3.05, 3.63) is 12.7 Å². The van der Waals surface area contributed by atoms with Crippen molar-refractivity contribution in [2.75, 3.05) is 26.2 Å². The van der Waals surface area contributed by atoms with Crippen molar-refractivity contribution < 1.29 is 14.3 Å². The summed E-state index contributed by atoms with van der Waals surface area (Å²) in [5.74, 6) is 0.118. The molecule has 0 aliphatic carbocycles. The lowest BCUT2D eigenvalue weighted by molar-refractivity contribution is -0.154. The van der Waals surface area contributed by atoms with E-state index >= 15 is 0 Å². The highest BCUT2D eigenvalue weighted by Gasteiger charge is 2.39. The van der Waals surface area contributed by atoms with Crippen molar-refractivity contribution in [1.82, 2.24) is 25.0 Å². The van der Waals surface area contributed by atoms with Gasteiger partial charge in [-0.15, -0.1) is 0 Å². The second-order valence-corrected chi connectivity index (χ2v) is 5.89.